The first kappa shape index (κ1) is 18.1. The highest BCUT2D eigenvalue weighted by Gasteiger charge is 2.42. The molecule has 1 aliphatic carbocycles. The summed E-state index contributed by atoms with van der Waals surface area (Å²) in [4.78, 5) is 58.2. The molecule has 4 heterocycles. The third-order valence-electron chi connectivity index (χ3n) is 6.62. The standard InChI is InChI=1S/C20H23N5O4/c1-24-16-15(17(27)23-19(24)29)12(8-13(22-16)11-2-3-11)18(28)25-6-4-20(5-7-25)9-14(26)21-10-20/h8,11H,2-7,9-10H2,1H3,(H,21,26)(H,23,27,29). The fraction of sp³-hybridized carbons (Fsp3) is 0.550. The number of carbonyl (C=O) groups is 2. The van der Waals surface area contributed by atoms with Crippen LogP contribution in [0.25, 0.3) is 11.0 Å². The number of carbonyl (C=O) groups excluding carboxylic acids is 2. The second-order valence-corrected chi connectivity index (χ2v) is 8.63. The molecule has 0 atom stereocenters. The number of aromatic nitrogens is 3. The molecule has 5 rings (SSSR count). The third-order valence-corrected chi connectivity index (χ3v) is 6.62. The van der Waals surface area contributed by atoms with Crippen LogP contribution in [0, 0.1) is 5.41 Å². The summed E-state index contributed by atoms with van der Waals surface area (Å²) in [7, 11) is 1.55. The summed E-state index contributed by atoms with van der Waals surface area (Å²) in [5, 5.41) is 3.06. The molecule has 1 spiro atoms. The van der Waals surface area contributed by atoms with Crippen LogP contribution in [0.2, 0.25) is 0 Å². The number of piperidine rings is 1. The van der Waals surface area contributed by atoms with E-state index < -0.39 is 11.2 Å². The van der Waals surface area contributed by atoms with Crippen LogP contribution in [-0.4, -0.2) is 50.9 Å². The van der Waals surface area contributed by atoms with E-state index in [2.05, 4.69) is 15.3 Å². The molecule has 2 aliphatic heterocycles. The zero-order valence-electron chi connectivity index (χ0n) is 16.3. The fourth-order valence-corrected chi connectivity index (χ4v) is 4.57. The van der Waals surface area contributed by atoms with E-state index >= 15 is 0 Å². The predicted octanol–water partition coefficient (Wildman–Crippen LogP) is 0.242. The van der Waals surface area contributed by atoms with Crippen molar-refractivity contribution in [2.75, 3.05) is 19.6 Å². The molecular weight excluding hydrogens is 374 g/mol. The molecule has 2 amide bonds. The fourth-order valence-electron chi connectivity index (χ4n) is 4.57. The van der Waals surface area contributed by atoms with Crippen molar-refractivity contribution in [3.8, 4) is 0 Å². The average molecular weight is 397 g/mol. The van der Waals surface area contributed by atoms with Crippen LogP contribution < -0.4 is 16.6 Å². The van der Waals surface area contributed by atoms with Gasteiger partial charge in [-0.15, -0.1) is 0 Å². The Labute approximate surface area is 166 Å². The molecule has 2 aromatic rings. The van der Waals surface area contributed by atoms with Crippen LogP contribution in [0.1, 0.15) is 54.1 Å². The van der Waals surface area contributed by atoms with Gasteiger partial charge < -0.3 is 10.2 Å². The van der Waals surface area contributed by atoms with Gasteiger partial charge in [-0.1, -0.05) is 0 Å². The van der Waals surface area contributed by atoms with Crippen molar-refractivity contribution in [1.82, 2.24) is 24.8 Å². The van der Waals surface area contributed by atoms with E-state index in [9.17, 15) is 19.2 Å². The first-order chi connectivity index (χ1) is 13.9. The third kappa shape index (κ3) is 2.95. The second kappa shape index (κ2) is 6.27. The summed E-state index contributed by atoms with van der Waals surface area (Å²) < 4.78 is 1.29. The van der Waals surface area contributed by atoms with Crippen LogP contribution in [0.5, 0.6) is 0 Å². The number of fused-ring (bicyclic) bond motifs is 1. The van der Waals surface area contributed by atoms with Gasteiger partial charge in [-0.05, 0) is 37.2 Å². The minimum Gasteiger partial charge on any atom is -0.356 e. The topological polar surface area (TPSA) is 117 Å². The zero-order valence-corrected chi connectivity index (χ0v) is 16.3. The Morgan fingerprint density at radius 1 is 1.21 bits per heavy atom. The van der Waals surface area contributed by atoms with E-state index in [4.69, 9.17) is 0 Å². The number of nitrogens with one attached hydrogen (secondary N) is 2. The molecule has 152 valence electrons. The number of H-pyrrole nitrogens is 1. The Morgan fingerprint density at radius 2 is 1.93 bits per heavy atom. The summed E-state index contributed by atoms with van der Waals surface area (Å²) >= 11 is 0. The molecule has 1 saturated carbocycles. The van der Waals surface area contributed by atoms with E-state index in [0.29, 0.717) is 31.6 Å². The highest BCUT2D eigenvalue weighted by molar-refractivity contribution is 6.05. The second-order valence-electron chi connectivity index (χ2n) is 8.63. The Kier molecular flexibility index (Phi) is 3.91. The van der Waals surface area contributed by atoms with Crippen LogP contribution in [-0.2, 0) is 11.8 Å². The van der Waals surface area contributed by atoms with Crippen molar-refractivity contribution < 1.29 is 9.59 Å². The number of hydrogen-bond acceptors (Lipinski definition) is 5. The molecule has 29 heavy (non-hydrogen) atoms. The van der Waals surface area contributed by atoms with Crippen LogP contribution in [0.4, 0.5) is 0 Å². The number of pyridine rings is 1. The first-order valence-electron chi connectivity index (χ1n) is 10.1. The lowest BCUT2D eigenvalue weighted by Crippen LogP contribution is -2.44. The zero-order chi connectivity index (χ0) is 20.3. The molecule has 3 aliphatic rings. The van der Waals surface area contributed by atoms with Gasteiger partial charge in [0.1, 0.15) is 5.65 Å². The van der Waals surface area contributed by atoms with Gasteiger partial charge in [-0.3, -0.25) is 23.9 Å². The Hall–Kier alpha value is -2.97. The quantitative estimate of drug-likeness (QED) is 0.753. The first-order valence-corrected chi connectivity index (χ1v) is 10.1. The maximum Gasteiger partial charge on any atom is 0.329 e. The van der Waals surface area contributed by atoms with Crippen molar-refractivity contribution in [2.24, 2.45) is 12.5 Å². The van der Waals surface area contributed by atoms with Gasteiger partial charge in [0.2, 0.25) is 5.91 Å². The molecule has 9 nitrogen and oxygen atoms in total. The smallest absolute Gasteiger partial charge is 0.329 e. The lowest BCUT2D eigenvalue weighted by atomic mass is 9.77. The number of amides is 2. The SMILES string of the molecule is Cn1c(=O)[nH]c(=O)c2c(C(=O)N3CCC4(CC3)CNC(=O)C4)cc(C3CC3)nc21. The summed E-state index contributed by atoms with van der Waals surface area (Å²) in [5.74, 6) is 0.141. The molecule has 2 aromatic heterocycles. The molecule has 3 fully saturated rings. The van der Waals surface area contributed by atoms with Gasteiger partial charge in [0.25, 0.3) is 11.5 Å². The number of nitrogens with zero attached hydrogens (tertiary/aromatic N) is 3. The van der Waals surface area contributed by atoms with E-state index in [0.717, 1.165) is 31.4 Å². The van der Waals surface area contributed by atoms with Crippen LogP contribution >= 0.6 is 0 Å². The highest BCUT2D eigenvalue weighted by atomic mass is 16.2. The van der Waals surface area contributed by atoms with Gasteiger partial charge >= 0.3 is 5.69 Å². The monoisotopic (exact) mass is 397 g/mol. The van der Waals surface area contributed by atoms with Gasteiger partial charge in [0.15, 0.2) is 0 Å². The number of likely N-dealkylation sites (tertiary alicyclic amines) is 1. The molecule has 2 N–H and O–H groups in total. The van der Waals surface area contributed by atoms with E-state index in [1.54, 1.807) is 18.0 Å². The molecule has 2 saturated heterocycles. The summed E-state index contributed by atoms with van der Waals surface area (Å²) in [6, 6.07) is 1.73. The number of hydrogen-bond donors (Lipinski definition) is 2. The van der Waals surface area contributed by atoms with Gasteiger partial charge in [0.05, 0.1) is 10.9 Å². The summed E-state index contributed by atoms with van der Waals surface area (Å²) in [5.41, 5.74) is 0.144. The minimum atomic E-state index is -0.583. The van der Waals surface area contributed by atoms with Gasteiger partial charge in [-0.2, -0.15) is 0 Å². The van der Waals surface area contributed by atoms with Crippen molar-refractivity contribution in [3.63, 3.8) is 0 Å². The lowest BCUT2D eigenvalue weighted by molar-refractivity contribution is -0.119. The molecule has 0 radical (unpaired) electrons. The van der Waals surface area contributed by atoms with Crippen molar-refractivity contribution in [3.05, 3.63) is 38.2 Å². The van der Waals surface area contributed by atoms with Crippen LogP contribution in [0.15, 0.2) is 15.7 Å². The lowest BCUT2D eigenvalue weighted by Gasteiger charge is -2.38. The van der Waals surface area contributed by atoms with Crippen LogP contribution in [0.3, 0.4) is 0 Å². The largest absolute Gasteiger partial charge is 0.356 e. The summed E-state index contributed by atoms with van der Waals surface area (Å²) in [6.07, 6.45) is 4.02. The minimum absolute atomic E-state index is 0.0608. The van der Waals surface area contributed by atoms with Gasteiger partial charge in [0, 0.05) is 44.7 Å². The van der Waals surface area contributed by atoms with E-state index in [1.165, 1.54) is 4.57 Å². The number of rotatable bonds is 2. The molecular formula is C20H23N5O4. The Bertz CT molecular complexity index is 1150. The predicted molar refractivity (Wildman–Crippen MR) is 105 cm³/mol. The molecule has 0 bridgehead atoms. The number of aromatic amines is 1. The highest BCUT2D eigenvalue weighted by Crippen LogP contribution is 2.41. The van der Waals surface area contributed by atoms with E-state index in [-0.39, 0.29) is 34.2 Å². The maximum absolute atomic E-state index is 13.4. The van der Waals surface area contributed by atoms with Gasteiger partial charge in [-0.25, -0.2) is 9.78 Å². The Morgan fingerprint density at radius 3 is 2.55 bits per heavy atom. The van der Waals surface area contributed by atoms with Crippen molar-refractivity contribution in [2.45, 2.75) is 38.0 Å². The molecule has 9 heteroatoms. The average Bonchev–Trinajstić information content (AvgIpc) is 3.50. The Balaban J connectivity index is 1.53. The van der Waals surface area contributed by atoms with Crippen molar-refractivity contribution >= 4 is 22.8 Å². The maximum atomic E-state index is 13.4. The summed E-state index contributed by atoms with van der Waals surface area (Å²) in [6.45, 7) is 1.75. The van der Waals surface area contributed by atoms with Crippen molar-refractivity contribution in [1.29, 1.82) is 0 Å². The molecule has 0 unspecified atom stereocenters. The normalized spacial score (nSPS) is 21.0. The van der Waals surface area contributed by atoms with E-state index in [1.807, 2.05) is 0 Å². The molecule has 0 aromatic carbocycles. The number of aryl methyl sites for hydroxylation is 1.